The molecule has 124 valence electrons. The summed E-state index contributed by atoms with van der Waals surface area (Å²) in [5.74, 6) is -0.424. The van der Waals surface area contributed by atoms with Crippen molar-refractivity contribution < 1.29 is 19.1 Å². The molecule has 0 saturated carbocycles. The lowest BCUT2D eigenvalue weighted by atomic mass is 10.0. The minimum Gasteiger partial charge on any atom is -0.421 e. The van der Waals surface area contributed by atoms with Crippen LogP contribution in [0.2, 0.25) is 0 Å². The Labute approximate surface area is 145 Å². The number of ketones is 1. The van der Waals surface area contributed by atoms with Gasteiger partial charge in [-0.15, -0.1) is 0 Å². The van der Waals surface area contributed by atoms with Crippen molar-refractivity contribution in [2.45, 2.75) is 0 Å². The van der Waals surface area contributed by atoms with E-state index in [1.54, 1.807) is 30.3 Å². The molecule has 0 N–H and O–H groups in total. The summed E-state index contributed by atoms with van der Waals surface area (Å²) in [6, 6.07) is 27.0. The van der Waals surface area contributed by atoms with Gasteiger partial charge in [-0.3, -0.25) is 9.59 Å². The molecule has 3 rings (SSSR count). The van der Waals surface area contributed by atoms with Crippen LogP contribution >= 0.6 is 0 Å². The third-order valence-electron chi connectivity index (χ3n) is 3.13. The van der Waals surface area contributed by atoms with Gasteiger partial charge in [0.1, 0.15) is 5.75 Å². The molecule has 25 heavy (non-hydrogen) atoms. The first-order chi connectivity index (χ1) is 12.2. The van der Waals surface area contributed by atoms with Crippen LogP contribution in [0.15, 0.2) is 91.0 Å². The van der Waals surface area contributed by atoms with Gasteiger partial charge in [-0.2, -0.15) is 0 Å². The Bertz CT molecular complexity index is 771. The first-order valence-electron chi connectivity index (χ1n) is 7.57. The van der Waals surface area contributed by atoms with E-state index >= 15 is 0 Å². The van der Waals surface area contributed by atoms with Crippen LogP contribution in [0, 0.1) is 0 Å². The number of para-hydroxylation sites is 1. The molecule has 0 saturated heterocycles. The number of aldehydes is 1. The highest BCUT2D eigenvalue weighted by Gasteiger charge is 2.06. The van der Waals surface area contributed by atoms with Crippen molar-refractivity contribution >= 4 is 18.0 Å². The number of esters is 1. The Hall–Kier alpha value is -3.53. The molecule has 3 aromatic carbocycles. The van der Waals surface area contributed by atoms with E-state index in [4.69, 9.17) is 0 Å². The summed E-state index contributed by atoms with van der Waals surface area (Å²) in [6.07, 6.45) is 0.132. The maximum atomic E-state index is 11.8. The minimum atomic E-state index is -0.879. The molecule has 0 spiro atoms. The number of hydrogen-bond acceptors (Lipinski definition) is 4. The lowest BCUT2D eigenvalue weighted by Crippen LogP contribution is -2.07. The van der Waals surface area contributed by atoms with Crippen LogP contribution in [-0.2, 0) is 9.59 Å². The Morgan fingerprint density at radius 1 is 0.640 bits per heavy atom. The van der Waals surface area contributed by atoms with Crippen molar-refractivity contribution in [1.82, 2.24) is 0 Å². The van der Waals surface area contributed by atoms with Crippen molar-refractivity contribution in [1.29, 1.82) is 0 Å². The fourth-order valence-corrected chi connectivity index (χ4v) is 1.97. The fourth-order valence-electron chi connectivity index (χ4n) is 1.97. The van der Waals surface area contributed by atoms with Gasteiger partial charge < -0.3 is 4.74 Å². The number of hydrogen-bond donors (Lipinski definition) is 0. The summed E-state index contributed by atoms with van der Waals surface area (Å²) in [7, 11) is 0. The standard InChI is InChI=1S/C13H10O.C8H6O3/c14-13(11-7-3-1-4-8-11)12-9-5-2-6-10-12;9-6-8(10)11-7-4-2-1-3-5-7/h1-10H;1-6H. The minimum absolute atomic E-state index is 0.0752. The van der Waals surface area contributed by atoms with Crippen molar-refractivity contribution in [2.24, 2.45) is 0 Å². The molecule has 3 aromatic rings. The maximum absolute atomic E-state index is 11.8. The molecule has 0 heterocycles. The fraction of sp³-hybridized carbons (Fsp3) is 0. The molecule has 0 aliphatic rings. The summed E-state index contributed by atoms with van der Waals surface area (Å²) in [5.41, 5.74) is 1.47. The largest absolute Gasteiger partial charge is 0.421 e. The lowest BCUT2D eigenvalue weighted by molar-refractivity contribution is -0.141. The second-order valence-electron chi connectivity index (χ2n) is 4.91. The van der Waals surface area contributed by atoms with Crippen LogP contribution in [0.3, 0.4) is 0 Å². The van der Waals surface area contributed by atoms with Crippen LogP contribution < -0.4 is 4.74 Å². The highest BCUT2D eigenvalue weighted by molar-refractivity contribution is 6.21. The van der Waals surface area contributed by atoms with E-state index in [-0.39, 0.29) is 12.1 Å². The van der Waals surface area contributed by atoms with Gasteiger partial charge in [0.25, 0.3) is 0 Å². The maximum Gasteiger partial charge on any atom is 0.376 e. The number of ether oxygens (including phenoxy) is 1. The second kappa shape index (κ2) is 9.57. The van der Waals surface area contributed by atoms with Gasteiger partial charge in [0.15, 0.2) is 5.78 Å². The number of carbonyl (C=O) groups excluding carboxylic acids is 3. The topological polar surface area (TPSA) is 60.4 Å². The van der Waals surface area contributed by atoms with Crippen LogP contribution in [-0.4, -0.2) is 18.0 Å². The smallest absolute Gasteiger partial charge is 0.376 e. The summed E-state index contributed by atoms with van der Waals surface area (Å²) >= 11 is 0. The first kappa shape index (κ1) is 17.8. The van der Waals surface area contributed by atoms with E-state index < -0.39 is 5.97 Å². The highest BCUT2D eigenvalue weighted by atomic mass is 16.5. The predicted molar refractivity (Wildman–Crippen MR) is 94.5 cm³/mol. The lowest BCUT2D eigenvalue weighted by Gasteiger charge is -1.99. The van der Waals surface area contributed by atoms with Gasteiger partial charge >= 0.3 is 5.97 Å². The molecule has 4 nitrogen and oxygen atoms in total. The Kier molecular flexibility index (Phi) is 6.82. The van der Waals surface area contributed by atoms with Crippen molar-refractivity contribution in [3.8, 4) is 5.75 Å². The molecule has 0 atom stereocenters. The van der Waals surface area contributed by atoms with E-state index in [2.05, 4.69) is 4.74 Å². The van der Waals surface area contributed by atoms with Gasteiger partial charge in [-0.25, -0.2) is 4.79 Å². The van der Waals surface area contributed by atoms with Gasteiger partial charge in [0.2, 0.25) is 6.29 Å². The zero-order chi connectivity index (χ0) is 17.9. The van der Waals surface area contributed by atoms with Gasteiger partial charge in [0.05, 0.1) is 0 Å². The van der Waals surface area contributed by atoms with E-state index in [1.165, 1.54) is 0 Å². The quantitative estimate of drug-likeness (QED) is 0.240. The van der Waals surface area contributed by atoms with E-state index in [0.29, 0.717) is 5.75 Å². The SMILES string of the molecule is O=C(c1ccccc1)c1ccccc1.O=CC(=O)Oc1ccccc1. The Morgan fingerprint density at radius 3 is 1.44 bits per heavy atom. The summed E-state index contributed by atoms with van der Waals surface area (Å²) in [4.78, 5) is 32.1. The van der Waals surface area contributed by atoms with Crippen LogP contribution in [0.4, 0.5) is 0 Å². The first-order valence-corrected chi connectivity index (χ1v) is 7.57. The number of benzene rings is 3. The summed E-state index contributed by atoms with van der Waals surface area (Å²) in [6.45, 7) is 0. The summed E-state index contributed by atoms with van der Waals surface area (Å²) in [5, 5.41) is 0. The van der Waals surface area contributed by atoms with Crippen LogP contribution in [0.5, 0.6) is 5.75 Å². The van der Waals surface area contributed by atoms with Crippen LogP contribution in [0.1, 0.15) is 15.9 Å². The normalized spacial score (nSPS) is 9.28. The molecule has 0 bridgehead atoms. The molecule has 0 aliphatic heterocycles. The van der Waals surface area contributed by atoms with Crippen molar-refractivity contribution in [2.75, 3.05) is 0 Å². The molecule has 0 amide bonds. The summed E-state index contributed by atoms with van der Waals surface area (Å²) < 4.78 is 4.56. The van der Waals surface area contributed by atoms with Gasteiger partial charge in [-0.05, 0) is 12.1 Å². The Morgan fingerprint density at radius 2 is 1.04 bits per heavy atom. The van der Waals surface area contributed by atoms with E-state index in [1.807, 2.05) is 60.7 Å². The van der Waals surface area contributed by atoms with E-state index in [9.17, 15) is 14.4 Å². The molecular formula is C21H16O4. The predicted octanol–water partition coefficient (Wildman–Crippen LogP) is 3.71. The zero-order valence-electron chi connectivity index (χ0n) is 13.4. The molecule has 4 heteroatoms. The van der Waals surface area contributed by atoms with Gasteiger partial charge in [0, 0.05) is 11.1 Å². The molecule has 0 unspecified atom stereocenters. The Balaban J connectivity index is 0.000000186. The average Bonchev–Trinajstić information content (AvgIpc) is 2.70. The van der Waals surface area contributed by atoms with Gasteiger partial charge in [-0.1, -0.05) is 78.9 Å². The zero-order valence-corrected chi connectivity index (χ0v) is 13.4. The monoisotopic (exact) mass is 332 g/mol. The third-order valence-corrected chi connectivity index (χ3v) is 3.13. The van der Waals surface area contributed by atoms with Crippen LogP contribution in [0.25, 0.3) is 0 Å². The van der Waals surface area contributed by atoms with E-state index in [0.717, 1.165) is 11.1 Å². The molecule has 0 aromatic heterocycles. The molecular weight excluding hydrogens is 316 g/mol. The molecule has 0 aliphatic carbocycles. The number of carbonyl (C=O) groups is 3. The average molecular weight is 332 g/mol. The number of rotatable bonds is 4. The van der Waals surface area contributed by atoms with Crippen molar-refractivity contribution in [3.05, 3.63) is 102 Å². The third kappa shape index (κ3) is 5.88. The second-order valence-corrected chi connectivity index (χ2v) is 4.91. The molecule has 0 fully saturated rings. The highest BCUT2D eigenvalue weighted by Crippen LogP contribution is 2.08. The molecule has 0 radical (unpaired) electrons. The van der Waals surface area contributed by atoms with Crippen molar-refractivity contribution in [3.63, 3.8) is 0 Å².